The number of pyridine rings is 1. The predicted molar refractivity (Wildman–Crippen MR) is 159 cm³/mol. The summed E-state index contributed by atoms with van der Waals surface area (Å²) in [6, 6.07) is 15.9. The number of likely N-dealkylation sites (N-methyl/N-ethyl adjacent to an activating group) is 1. The molecule has 1 saturated heterocycles. The van der Waals surface area contributed by atoms with E-state index in [1.807, 2.05) is 29.5 Å². The first-order valence-electron chi connectivity index (χ1n) is 13.6. The molecular weight excluding hydrogens is 577 g/mol. The van der Waals surface area contributed by atoms with Crippen LogP contribution >= 0.6 is 11.3 Å². The van der Waals surface area contributed by atoms with Gasteiger partial charge in [0.05, 0.1) is 11.1 Å². The molecule has 1 fully saturated rings. The summed E-state index contributed by atoms with van der Waals surface area (Å²) in [5, 5.41) is 4.49. The molecule has 220 valence electrons. The number of fused-ring (bicyclic) bond motifs is 1. The van der Waals surface area contributed by atoms with E-state index in [1.165, 1.54) is 29.5 Å². The van der Waals surface area contributed by atoms with Gasteiger partial charge >= 0.3 is 6.18 Å². The van der Waals surface area contributed by atoms with Crippen molar-refractivity contribution in [3.8, 4) is 23.0 Å². The van der Waals surface area contributed by atoms with E-state index >= 15 is 0 Å². The molecule has 1 amide bonds. The monoisotopic (exact) mass is 604 g/mol. The summed E-state index contributed by atoms with van der Waals surface area (Å²) in [5.41, 5.74) is 1.13. The van der Waals surface area contributed by atoms with Gasteiger partial charge in [-0.3, -0.25) is 14.7 Å². The first kappa shape index (κ1) is 28.7. The third-order valence-electron chi connectivity index (χ3n) is 7.17. The van der Waals surface area contributed by atoms with E-state index in [2.05, 4.69) is 25.2 Å². The predicted octanol–water partition coefficient (Wildman–Crippen LogP) is 6.56. The molecule has 2 aromatic carbocycles. The summed E-state index contributed by atoms with van der Waals surface area (Å²) in [6.45, 7) is 3.20. The van der Waals surface area contributed by atoms with Crippen molar-refractivity contribution in [1.82, 2.24) is 24.8 Å². The van der Waals surface area contributed by atoms with Crippen molar-refractivity contribution in [2.75, 3.05) is 38.5 Å². The number of aromatic nitrogens is 3. The highest BCUT2D eigenvalue weighted by Crippen LogP contribution is 2.36. The largest absolute Gasteiger partial charge is 0.437 e. The van der Waals surface area contributed by atoms with Gasteiger partial charge in [-0.15, -0.1) is 11.3 Å². The van der Waals surface area contributed by atoms with E-state index in [1.54, 1.807) is 36.7 Å². The van der Waals surface area contributed by atoms with Gasteiger partial charge in [0, 0.05) is 61.9 Å². The maximum atomic E-state index is 14.0. The summed E-state index contributed by atoms with van der Waals surface area (Å²) in [7, 11) is 2.00. The summed E-state index contributed by atoms with van der Waals surface area (Å²) < 4.78 is 48.9. The number of benzene rings is 2. The average Bonchev–Trinajstić information content (AvgIpc) is 3.48. The zero-order chi connectivity index (χ0) is 30.0. The zero-order valence-electron chi connectivity index (χ0n) is 23.1. The van der Waals surface area contributed by atoms with E-state index in [9.17, 15) is 18.0 Å². The lowest BCUT2D eigenvalue weighted by molar-refractivity contribution is -0.138. The van der Waals surface area contributed by atoms with Crippen LogP contribution in [0.4, 0.5) is 18.9 Å². The number of ether oxygens (including phenoxy) is 1. The molecule has 5 aromatic rings. The zero-order valence-corrected chi connectivity index (χ0v) is 24.0. The lowest BCUT2D eigenvalue weighted by atomic mass is 10.0. The van der Waals surface area contributed by atoms with Crippen molar-refractivity contribution in [2.24, 2.45) is 0 Å². The number of anilines is 1. The van der Waals surface area contributed by atoms with E-state index in [0.29, 0.717) is 36.1 Å². The Balaban J connectivity index is 1.21. The molecule has 0 radical (unpaired) electrons. The minimum atomic E-state index is -4.56. The molecule has 0 atom stereocenters. The number of amides is 1. The molecular formula is C31H27F3N6O2S. The Bertz CT molecular complexity index is 1750. The van der Waals surface area contributed by atoms with Crippen LogP contribution in [-0.2, 0) is 12.7 Å². The quantitative estimate of drug-likeness (QED) is 0.225. The molecule has 12 heteroatoms. The molecule has 1 aliphatic rings. The molecule has 1 N–H and O–H groups in total. The third-order valence-corrected chi connectivity index (χ3v) is 8.06. The number of rotatable bonds is 7. The number of nitrogens with zero attached hydrogens (tertiary/aromatic N) is 5. The molecule has 6 rings (SSSR count). The van der Waals surface area contributed by atoms with Crippen LogP contribution < -0.4 is 10.1 Å². The Kier molecular flexibility index (Phi) is 8.06. The van der Waals surface area contributed by atoms with Gasteiger partial charge in [-0.1, -0.05) is 12.1 Å². The second-order valence-corrected chi connectivity index (χ2v) is 11.2. The van der Waals surface area contributed by atoms with E-state index in [4.69, 9.17) is 4.74 Å². The molecule has 0 saturated carbocycles. The maximum Gasteiger partial charge on any atom is 0.416 e. The standard InChI is InChI=1S/C31H27F3N6O2S/c1-39-11-13-40(14-12-39)19-22-7-8-23(17-25(22)31(32,33)34)36-29(41)20-4-2-6-24(16-20)42-30-27-26(9-15-43-27)37-28(38-30)21-5-3-10-35-18-21/h2-10,15-18H,11-14,19H2,1H3,(H,36,41). The van der Waals surface area contributed by atoms with Gasteiger partial charge in [0.2, 0.25) is 5.88 Å². The van der Waals surface area contributed by atoms with Crippen molar-refractivity contribution in [2.45, 2.75) is 12.7 Å². The first-order chi connectivity index (χ1) is 20.7. The Morgan fingerprint density at radius 1 is 1.02 bits per heavy atom. The van der Waals surface area contributed by atoms with E-state index < -0.39 is 17.6 Å². The number of thiophene rings is 1. The second kappa shape index (κ2) is 12.1. The van der Waals surface area contributed by atoms with Crippen LogP contribution in [0.15, 0.2) is 78.4 Å². The summed E-state index contributed by atoms with van der Waals surface area (Å²) in [4.78, 5) is 30.6. The minimum Gasteiger partial charge on any atom is -0.437 e. The van der Waals surface area contributed by atoms with Gasteiger partial charge in [-0.2, -0.15) is 18.2 Å². The van der Waals surface area contributed by atoms with Crippen molar-refractivity contribution >= 4 is 33.1 Å². The van der Waals surface area contributed by atoms with Crippen LogP contribution in [0.5, 0.6) is 11.6 Å². The average molecular weight is 605 g/mol. The van der Waals surface area contributed by atoms with Crippen LogP contribution in [0.25, 0.3) is 21.6 Å². The molecule has 0 unspecified atom stereocenters. The molecule has 1 aliphatic heterocycles. The highest BCUT2D eigenvalue weighted by molar-refractivity contribution is 7.17. The minimum absolute atomic E-state index is 0.0583. The Labute approximate surface area is 249 Å². The number of carbonyl (C=O) groups is 1. The topological polar surface area (TPSA) is 83.5 Å². The lowest BCUT2D eigenvalue weighted by Crippen LogP contribution is -2.44. The first-order valence-corrected chi connectivity index (χ1v) is 14.5. The molecule has 0 spiro atoms. The van der Waals surface area contributed by atoms with Crippen LogP contribution in [0, 0.1) is 0 Å². The van der Waals surface area contributed by atoms with Crippen molar-refractivity contribution in [3.05, 3.63) is 95.1 Å². The second-order valence-electron chi connectivity index (χ2n) is 10.3. The fourth-order valence-corrected chi connectivity index (χ4v) is 5.60. The normalized spacial score (nSPS) is 14.6. The highest BCUT2D eigenvalue weighted by atomic mass is 32.1. The highest BCUT2D eigenvalue weighted by Gasteiger charge is 2.34. The molecule has 8 nitrogen and oxygen atoms in total. The van der Waals surface area contributed by atoms with E-state index in [0.717, 1.165) is 29.4 Å². The van der Waals surface area contributed by atoms with Gasteiger partial charge in [0.25, 0.3) is 5.91 Å². The number of hydrogen-bond acceptors (Lipinski definition) is 8. The lowest BCUT2D eigenvalue weighted by Gasteiger charge is -2.33. The Hall–Kier alpha value is -4.39. The molecule has 0 aliphatic carbocycles. The third kappa shape index (κ3) is 6.66. The van der Waals surface area contributed by atoms with Gasteiger partial charge in [0.15, 0.2) is 5.82 Å². The number of alkyl halides is 3. The van der Waals surface area contributed by atoms with Gasteiger partial charge < -0.3 is 15.0 Å². The van der Waals surface area contributed by atoms with Crippen LogP contribution in [0.3, 0.4) is 0 Å². The van der Waals surface area contributed by atoms with Crippen molar-refractivity contribution < 1.29 is 22.7 Å². The smallest absolute Gasteiger partial charge is 0.416 e. The van der Waals surface area contributed by atoms with Crippen LogP contribution in [-0.4, -0.2) is 63.9 Å². The fraction of sp³-hybridized carbons (Fsp3) is 0.226. The van der Waals surface area contributed by atoms with Gasteiger partial charge in [-0.25, -0.2) is 4.98 Å². The van der Waals surface area contributed by atoms with Crippen LogP contribution in [0.2, 0.25) is 0 Å². The Morgan fingerprint density at radius 3 is 2.63 bits per heavy atom. The van der Waals surface area contributed by atoms with Crippen LogP contribution in [0.1, 0.15) is 21.5 Å². The fourth-order valence-electron chi connectivity index (χ4n) is 4.85. The number of carbonyl (C=O) groups excluding carboxylic acids is 1. The number of piperazine rings is 1. The molecule has 0 bridgehead atoms. The van der Waals surface area contributed by atoms with Crippen molar-refractivity contribution in [3.63, 3.8) is 0 Å². The summed E-state index contributed by atoms with van der Waals surface area (Å²) in [6.07, 6.45) is -1.24. The van der Waals surface area contributed by atoms with Gasteiger partial charge in [-0.05, 0) is 66.5 Å². The maximum absolute atomic E-state index is 14.0. The summed E-state index contributed by atoms with van der Waals surface area (Å²) >= 11 is 1.42. The van der Waals surface area contributed by atoms with Gasteiger partial charge in [0.1, 0.15) is 10.4 Å². The van der Waals surface area contributed by atoms with Crippen molar-refractivity contribution in [1.29, 1.82) is 0 Å². The molecule has 43 heavy (non-hydrogen) atoms. The summed E-state index contributed by atoms with van der Waals surface area (Å²) in [5.74, 6) is 0.545. The molecule has 4 heterocycles. The number of nitrogens with one attached hydrogen (secondary N) is 1. The molecule has 3 aromatic heterocycles. The Morgan fingerprint density at radius 2 is 1.86 bits per heavy atom. The number of halogens is 3. The number of hydrogen-bond donors (Lipinski definition) is 1. The SMILES string of the molecule is CN1CCN(Cc2ccc(NC(=O)c3cccc(Oc4nc(-c5cccnc5)nc5ccsc45)c3)cc2C(F)(F)F)CC1. The van der Waals surface area contributed by atoms with E-state index in [-0.39, 0.29) is 23.4 Å².